The van der Waals surface area contributed by atoms with Crippen LogP contribution < -0.4 is 0 Å². The maximum Gasteiger partial charge on any atom is 0.231 e. The van der Waals surface area contributed by atoms with E-state index in [1.807, 2.05) is 6.07 Å². The summed E-state index contributed by atoms with van der Waals surface area (Å²) in [6, 6.07) is 12.1. The number of phenolic OH excluding ortho intramolecular Hbond substituents is 1. The molecular weight excluding hydrogens is 311 g/mol. The number of hydrogen-bond acceptors (Lipinski definition) is 4. The van der Waals surface area contributed by atoms with Gasteiger partial charge in [0, 0.05) is 21.2 Å². The van der Waals surface area contributed by atoms with Gasteiger partial charge in [-0.1, -0.05) is 46.6 Å². The molecule has 0 saturated carbocycles. The van der Waals surface area contributed by atoms with Gasteiger partial charge in [0.1, 0.15) is 5.75 Å². The highest BCUT2D eigenvalue weighted by Gasteiger charge is 2.12. The van der Waals surface area contributed by atoms with Gasteiger partial charge in [0.05, 0.1) is 6.42 Å². The van der Waals surface area contributed by atoms with Crippen molar-refractivity contribution in [3.8, 4) is 17.1 Å². The third-order valence-electron chi connectivity index (χ3n) is 2.92. The molecule has 4 nitrogen and oxygen atoms in total. The molecule has 0 aliphatic rings. The Labute approximate surface area is 130 Å². The van der Waals surface area contributed by atoms with Gasteiger partial charge < -0.3 is 9.63 Å². The average Bonchev–Trinajstić information content (AvgIpc) is 2.89. The minimum atomic E-state index is 0.197. The fourth-order valence-corrected chi connectivity index (χ4v) is 2.48. The maximum atomic E-state index is 9.74. The van der Waals surface area contributed by atoms with Crippen LogP contribution in [0.5, 0.6) is 5.75 Å². The molecule has 0 unspecified atom stereocenters. The van der Waals surface area contributed by atoms with Gasteiger partial charge in [0.2, 0.25) is 11.7 Å². The van der Waals surface area contributed by atoms with E-state index in [4.69, 9.17) is 27.7 Å². The number of aromatic nitrogens is 2. The van der Waals surface area contributed by atoms with E-state index in [1.54, 1.807) is 36.4 Å². The summed E-state index contributed by atoms with van der Waals surface area (Å²) >= 11 is 11.9. The van der Waals surface area contributed by atoms with Gasteiger partial charge in [-0.05, 0) is 24.3 Å². The first-order chi connectivity index (χ1) is 10.1. The zero-order chi connectivity index (χ0) is 14.8. The molecule has 0 aliphatic carbocycles. The molecule has 0 radical (unpaired) electrons. The fraction of sp³-hybridized carbons (Fsp3) is 0.0667. The summed E-state index contributed by atoms with van der Waals surface area (Å²) in [4.78, 5) is 4.29. The lowest BCUT2D eigenvalue weighted by Crippen LogP contribution is -1.89. The summed E-state index contributed by atoms with van der Waals surface area (Å²) in [6.45, 7) is 0. The van der Waals surface area contributed by atoms with Gasteiger partial charge in [-0.15, -0.1) is 0 Å². The van der Waals surface area contributed by atoms with Crippen LogP contribution in [0.25, 0.3) is 11.4 Å². The highest BCUT2D eigenvalue weighted by Crippen LogP contribution is 2.26. The van der Waals surface area contributed by atoms with E-state index in [1.165, 1.54) is 0 Å². The summed E-state index contributed by atoms with van der Waals surface area (Å²) < 4.78 is 5.20. The quantitative estimate of drug-likeness (QED) is 0.779. The molecule has 0 fully saturated rings. The number of para-hydroxylation sites is 1. The SMILES string of the molecule is Oc1ccccc1Cc1nc(-c2cc(Cl)cc(Cl)c2)no1. The molecule has 0 spiro atoms. The van der Waals surface area contributed by atoms with Crippen molar-refractivity contribution in [1.82, 2.24) is 10.1 Å². The van der Waals surface area contributed by atoms with Crippen LogP contribution in [0.3, 0.4) is 0 Å². The molecule has 0 aliphatic heterocycles. The largest absolute Gasteiger partial charge is 0.508 e. The van der Waals surface area contributed by atoms with Crippen LogP contribution in [0.1, 0.15) is 11.5 Å². The number of benzene rings is 2. The topological polar surface area (TPSA) is 59.2 Å². The molecule has 21 heavy (non-hydrogen) atoms. The Morgan fingerprint density at radius 2 is 1.76 bits per heavy atom. The normalized spacial score (nSPS) is 10.8. The van der Waals surface area contributed by atoms with Crippen molar-refractivity contribution >= 4 is 23.2 Å². The first-order valence-electron chi connectivity index (χ1n) is 6.18. The highest BCUT2D eigenvalue weighted by atomic mass is 35.5. The molecule has 6 heteroatoms. The standard InChI is InChI=1S/C15H10Cl2N2O2/c16-11-5-10(6-12(17)8-11)15-18-14(21-19-15)7-9-3-1-2-4-13(9)20/h1-6,8,20H,7H2. The number of rotatable bonds is 3. The molecule has 106 valence electrons. The van der Waals surface area contributed by atoms with Gasteiger partial charge in [-0.2, -0.15) is 4.98 Å². The molecule has 0 amide bonds. The van der Waals surface area contributed by atoms with Crippen molar-refractivity contribution in [2.75, 3.05) is 0 Å². The Kier molecular flexibility index (Phi) is 3.82. The minimum absolute atomic E-state index is 0.197. The van der Waals surface area contributed by atoms with E-state index in [-0.39, 0.29) is 5.75 Å². The third kappa shape index (κ3) is 3.17. The number of phenols is 1. The van der Waals surface area contributed by atoms with E-state index in [9.17, 15) is 5.11 Å². The van der Waals surface area contributed by atoms with Gasteiger partial charge in [-0.3, -0.25) is 0 Å². The van der Waals surface area contributed by atoms with E-state index in [0.717, 1.165) is 5.56 Å². The maximum absolute atomic E-state index is 9.74. The van der Waals surface area contributed by atoms with Gasteiger partial charge in [-0.25, -0.2) is 0 Å². The molecule has 0 saturated heterocycles. The average molecular weight is 321 g/mol. The lowest BCUT2D eigenvalue weighted by atomic mass is 10.1. The van der Waals surface area contributed by atoms with Crippen LogP contribution in [0.2, 0.25) is 10.0 Å². The van der Waals surface area contributed by atoms with Crippen LogP contribution in [-0.2, 0) is 6.42 Å². The predicted molar refractivity (Wildman–Crippen MR) is 80.7 cm³/mol. The lowest BCUT2D eigenvalue weighted by molar-refractivity contribution is 0.383. The van der Waals surface area contributed by atoms with Crippen molar-refractivity contribution in [2.24, 2.45) is 0 Å². The highest BCUT2D eigenvalue weighted by molar-refractivity contribution is 6.35. The van der Waals surface area contributed by atoms with Crippen molar-refractivity contribution in [2.45, 2.75) is 6.42 Å². The minimum Gasteiger partial charge on any atom is -0.508 e. The van der Waals surface area contributed by atoms with E-state index >= 15 is 0 Å². The molecule has 3 aromatic rings. The second kappa shape index (κ2) is 5.76. The second-order valence-corrected chi connectivity index (χ2v) is 5.35. The molecule has 0 atom stereocenters. The molecule has 1 aromatic heterocycles. The Morgan fingerprint density at radius 1 is 1.05 bits per heavy atom. The van der Waals surface area contributed by atoms with E-state index < -0.39 is 0 Å². The Hall–Kier alpha value is -2.04. The predicted octanol–water partition coefficient (Wildman–Crippen LogP) is 4.34. The van der Waals surface area contributed by atoms with E-state index in [0.29, 0.717) is 33.7 Å². The number of hydrogen-bond donors (Lipinski definition) is 1. The zero-order valence-corrected chi connectivity index (χ0v) is 12.3. The summed E-state index contributed by atoms with van der Waals surface area (Å²) in [5.74, 6) is 1.01. The Morgan fingerprint density at radius 3 is 2.48 bits per heavy atom. The summed E-state index contributed by atoms with van der Waals surface area (Å²) in [7, 11) is 0. The van der Waals surface area contributed by atoms with Gasteiger partial charge in [0.15, 0.2) is 0 Å². The summed E-state index contributed by atoms with van der Waals surface area (Å²) in [5, 5.41) is 14.7. The summed E-state index contributed by atoms with van der Waals surface area (Å²) in [6.07, 6.45) is 0.355. The molecule has 0 bridgehead atoms. The molecular formula is C15H10Cl2N2O2. The zero-order valence-electron chi connectivity index (χ0n) is 10.8. The molecule has 2 aromatic carbocycles. The van der Waals surface area contributed by atoms with E-state index in [2.05, 4.69) is 10.1 Å². The van der Waals surface area contributed by atoms with Crippen molar-refractivity contribution in [1.29, 1.82) is 0 Å². The second-order valence-electron chi connectivity index (χ2n) is 4.48. The summed E-state index contributed by atoms with van der Waals surface area (Å²) in [5.41, 5.74) is 1.40. The smallest absolute Gasteiger partial charge is 0.231 e. The molecule has 1 N–H and O–H groups in total. The van der Waals surface area contributed by atoms with Crippen LogP contribution in [-0.4, -0.2) is 15.2 Å². The fourth-order valence-electron chi connectivity index (χ4n) is 1.95. The monoisotopic (exact) mass is 320 g/mol. The number of aromatic hydroxyl groups is 1. The lowest BCUT2D eigenvalue weighted by Gasteiger charge is -1.99. The number of nitrogens with zero attached hydrogens (tertiary/aromatic N) is 2. The number of halogens is 2. The van der Waals surface area contributed by atoms with Crippen LogP contribution in [0.4, 0.5) is 0 Å². The van der Waals surface area contributed by atoms with Gasteiger partial charge in [0.25, 0.3) is 0 Å². The van der Waals surface area contributed by atoms with Crippen molar-refractivity contribution < 1.29 is 9.63 Å². The van der Waals surface area contributed by atoms with Crippen LogP contribution in [0.15, 0.2) is 47.0 Å². The van der Waals surface area contributed by atoms with Crippen LogP contribution >= 0.6 is 23.2 Å². The van der Waals surface area contributed by atoms with Gasteiger partial charge >= 0.3 is 0 Å². The van der Waals surface area contributed by atoms with Crippen molar-refractivity contribution in [3.63, 3.8) is 0 Å². The third-order valence-corrected chi connectivity index (χ3v) is 3.36. The first-order valence-corrected chi connectivity index (χ1v) is 6.93. The Balaban J connectivity index is 1.88. The first kappa shape index (κ1) is 13.9. The Bertz CT molecular complexity index is 767. The van der Waals surface area contributed by atoms with Crippen LogP contribution in [0, 0.1) is 0 Å². The van der Waals surface area contributed by atoms with Crippen molar-refractivity contribution in [3.05, 3.63) is 64.0 Å². The molecule has 1 heterocycles. The molecule has 3 rings (SSSR count).